The minimum absolute atomic E-state index is 0. The zero-order chi connectivity index (χ0) is 21.5. The van der Waals surface area contributed by atoms with Gasteiger partial charge in [0.25, 0.3) is 0 Å². The van der Waals surface area contributed by atoms with E-state index in [-0.39, 0.29) is 35.8 Å². The van der Waals surface area contributed by atoms with Gasteiger partial charge >= 0.3 is 0 Å². The monoisotopic (exact) mass is 539 g/mol. The van der Waals surface area contributed by atoms with Crippen molar-refractivity contribution in [2.45, 2.75) is 33.4 Å². The molecule has 3 rings (SSSR count). The molecule has 0 radical (unpaired) electrons. The number of ether oxygens (including phenoxy) is 2. The lowest BCUT2D eigenvalue weighted by atomic mass is 10.2. The predicted octanol–water partition coefficient (Wildman–Crippen LogP) is 4.98. The molecule has 3 N–H and O–H groups in total. The van der Waals surface area contributed by atoms with Gasteiger partial charge in [0.05, 0.1) is 26.3 Å². The maximum Gasteiger partial charge on any atom is 0.192 e. The van der Waals surface area contributed by atoms with Gasteiger partial charge in [0, 0.05) is 11.9 Å². The number of phenols is 1. The van der Waals surface area contributed by atoms with Crippen LogP contribution in [0.3, 0.4) is 0 Å². The van der Waals surface area contributed by atoms with E-state index in [2.05, 4.69) is 15.6 Å². The standard InChI is InChI=1S/C23H29N3O4.HI/c1-5-24-23(25-14-16-10-11-19(28-4)18(27)12-16)26-15(3)21-13-17-8-7-9-20(29-6-2)22(17)30-21;/h7-13,15,27H,5-6,14H2,1-4H3,(H2,24,25,26);1H. The molecule has 0 aliphatic carbocycles. The predicted molar refractivity (Wildman–Crippen MR) is 134 cm³/mol. The summed E-state index contributed by atoms with van der Waals surface area (Å²) in [6, 6.07) is 13.1. The van der Waals surface area contributed by atoms with Gasteiger partial charge in [-0.25, -0.2) is 4.99 Å². The average molecular weight is 539 g/mol. The van der Waals surface area contributed by atoms with E-state index < -0.39 is 0 Å². The van der Waals surface area contributed by atoms with Crippen LogP contribution in [0.1, 0.15) is 38.1 Å². The number of hydrogen-bond acceptors (Lipinski definition) is 5. The zero-order valence-corrected chi connectivity index (χ0v) is 20.6. The molecule has 0 fully saturated rings. The second-order valence-corrected chi connectivity index (χ2v) is 6.82. The summed E-state index contributed by atoms with van der Waals surface area (Å²) < 4.78 is 16.8. The Morgan fingerprint density at radius 3 is 2.65 bits per heavy atom. The minimum atomic E-state index is -0.103. The summed E-state index contributed by atoms with van der Waals surface area (Å²) in [6.07, 6.45) is 0. The van der Waals surface area contributed by atoms with Crippen LogP contribution in [0, 0.1) is 0 Å². The Morgan fingerprint density at radius 2 is 1.97 bits per heavy atom. The fraction of sp³-hybridized carbons (Fsp3) is 0.348. The number of methoxy groups -OCH3 is 1. The molecule has 31 heavy (non-hydrogen) atoms. The summed E-state index contributed by atoms with van der Waals surface area (Å²) in [5, 5.41) is 17.6. The quantitative estimate of drug-likeness (QED) is 0.213. The first-order valence-electron chi connectivity index (χ1n) is 10.1. The normalized spacial score (nSPS) is 12.2. The molecular weight excluding hydrogens is 509 g/mol. The Bertz CT molecular complexity index is 1020. The molecule has 1 unspecified atom stereocenters. The number of hydrogen-bond donors (Lipinski definition) is 3. The van der Waals surface area contributed by atoms with E-state index in [0.29, 0.717) is 24.9 Å². The maximum absolute atomic E-state index is 9.96. The molecule has 1 aromatic heterocycles. The molecule has 0 bridgehead atoms. The Morgan fingerprint density at radius 1 is 1.16 bits per heavy atom. The molecule has 0 spiro atoms. The van der Waals surface area contributed by atoms with Crippen molar-refractivity contribution >= 4 is 40.9 Å². The Labute approximate surface area is 199 Å². The number of nitrogens with one attached hydrogen (secondary N) is 2. The van der Waals surface area contributed by atoms with Crippen LogP contribution >= 0.6 is 24.0 Å². The summed E-state index contributed by atoms with van der Waals surface area (Å²) in [5.41, 5.74) is 1.63. The number of phenolic OH excluding ortho intramolecular Hbond substituents is 1. The number of nitrogens with zero attached hydrogens (tertiary/aromatic N) is 1. The van der Waals surface area contributed by atoms with Gasteiger partial charge < -0.3 is 29.6 Å². The lowest BCUT2D eigenvalue weighted by molar-refractivity contribution is 0.336. The van der Waals surface area contributed by atoms with Crippen LogP contribution in [0.2, 0.25) is 0 Å². The third-order valence-corrected chi connectivity index (χ3v) is 4.61. The van der Waals surface area contributed by atoms with E-state index >= 15 is 0 Å². The van der Waals surface area contributed by atoms with Crippen LogP contribution in [0.4, 0.5) is 0 Å². The van der Waals surface area contributed by atoms with E-state index in [1.165, 1.54) is 7.11 Å². The maximum atomic E-state index is 9.96. The number of fused-ring (bicyclic) bond motifs is 1. The topological polar surface area (TPSA) is 88.3 Å². The molecule has 1 heterocycles. The van der Waals surface area contributed by atoms with Gasteiger partial charge in [-0.1, -0.05) is 18.2 Å². The van der Waals surface area contributed by atoms with Crippen molar-refractivity contribution in [1.29, 1.82) is 0 Å². The second-order valence-electron chi connectivity index (χ2n) is 6.82. The van der Waals surface area contributed by atoms with E-state index in [0.717, 1.165) is 34.6 Å². The molecule has 3 aromatic rings. The number of aromatic hydroxyl groups is 1. The highest BCUT2D eigenvalue weighted by Gasteiger charge is 2.15. The highest BCUT2D eigenvalue weighted by atomic mass is 127. The van der Waals surface area contributed by atoms with Crippen molar-refractivity contribution in [3.05, 3.63) is 53.8 Å². The van der Waals surface area contributed by atoms with Crippen LogP contribution in [-0.2, 0) is 6.54 Å². The van der Waals surface area contributed by atoms with Crippen molar-refractivity contribution in [3.8, 4) is 17.2 Å². The van der Waals surface area contributed by atoms with Crippen molar-refractivity contribution in [2.24, 2.45) is 4.99 Å². The van der Waals surface area contributed by atoms with E-state index in [4.69, 9.17) is 13.9 Å². The first-order chi connectivity index (χ1) is 14.5. The van der Waals surface area contributed by atoms with Gasteiger partial charge in [-0.2, -0.15) is 0 Å². The fourth-order valence-electron chi connectivity index (χ4n) is 3.14. The van der Waals surface area contributed by atoms with E-state index in [9.17, 15) is 5.11 Å². The van der Waals surface area contributed by atoms with Crippen LogP contribution in [0.15, 0.2) is 51.9 Å². The number of para-hydroxylation sites is 1. The van der Waals surface area contributed by atoms with Crippen LogP contribution < -0.4 is 20.1 Å². The summed E-state index contributed by atoms with van der Waals surface area (Å²) in [5.74, 6) is 2.74. The van der Waals surface area contributed by atoms with Crippen molar-refractivity contribution in [2.75, 3.05) is 20.3 Å². The molecule has 0 amide bonds. The lowest BCUT2D eigenvalue weighted by Crippen LogP contribution is -2.38. The number of aliphatic imine (C=N–C) groups is 1. The third kappa shape index (κ3) is 6.19. The van der Waals surface area contributed by atoms with Gasteiger partial charge in [-0.05, 0) is 50.6 Å². The molecule has 0 saturated heterocycles. The number of halogens is 1. The van der Waals surface area contributed by atoms with Gasteiger partial charge in [0.15, 0.2) is 28.8 Å². The molecule has 1 atom stereocenters. The number of rotatable bonds is 8. The fourth-order valence-corrected chi connectivity index (χ4v) is 3.14. The van der Waals surface area contributed by atoms with Gasteiger partial charge in [-0.3, -0.25) is 0 Å². The number of benzene rings is 2. The molecular formula is C23H30IN3O4. The van der Waals surface area contributed by atoms with Gasteiger partial charge in [0.1, 0.15) is 5.76 Å². The molecule has 0 saturated carbocycles. The van der Waals surface area contributed by atoms with Crippen LogP contribution in [0.5, 0.6) is 17.2 Å². The summed E-state index contributed by atoms with van der Waals surface area (Å²) in [4.78, 5) is 4.62. The Hall–Kier alpha value is -2.62. The Kier molecular flexibility index (Phi) is 9.29. The van der Waals surface area contributed by atoms with E-state index in [1.807, 2.05) is 51.1 Å². The van der Waals surface area contributed by atoms with Crippen molar-refractivity contribution < 1.29 is 19.0 Å². The minimum Gasteiger partial charge on any atom is -0.504 e. The average Bonchev–Trinajstić information content (AvgIpc) is 3.18. The first-order valence-corrected chi connectivity index (χ1v) is 10.1. The molecule has 2 aromatic carbocycles. The zero-order valence-electron chi connectivity index (χ0n) is 18.3. The molecule has 168 valence electrons. The molecule has 8 heteroatoms. The smallest absolute Gasteiger partial charge is 0.192 e. The third-order valence-electron chi connectivity index (χ3n) is 4.61. The number of guanidine groups is 1. The summed E-state index contributed by atoms with van der Waals surface area (Å²) in [6.45, 7) is 7.70. The highest BCUT2D eigenvalue weighted by Crippen LogP contribution is 2.31. The summed E-state index contributed by atoms with van der Waals surface area (Å²) >= 11 is 0. The highest BCUT2D eigenvalue weighted by molar-refractivity contribution is 14.0. The van der Waals surface area contributed by atoms with Crippen LogP contribution in [-0.4, -0.2) is 31.3 Å². The first kappa shape index (κ1) is 24.6. The van der Waals surface area contributed by atoms with Crippen molar-refractivity contribution in [3.63, 3.8) is 0 Å². The van der Waals surface area contributed by atoms with E-state index in [1.54, 1.807) is 12.1 Å². The SMILES string of the molecule is CCNC(=NCc1ccc(OC)c(O)c1)NC(C)c1cc2cccc(OCC)c2o1.I. The largest absolute Gasteiger partial charge is 0.504 e. The molecule has 0 aliphatic rings. The van der Waals surface area contributed by atoms with Crippen molar-refractivity contribution in [1.82, 2.24) is 10.6 Å². The second kappa shape index (κ2) is 11.7. The molecule has 0 aliphatic heterocycles. The summed E-state index contributed by atoms with van der Waals surface area (Å²) in [7, 11) is 1.52. The number of furan rings is 1. The van der Waals surface area contributed by atoms with Gasteiger partial charge in [-0.15, -0.1) is 24.0 Å². The Balaban J connectivity index is 0.00000341. The van der Waals surface area contributed by atoms with Crippen LogP contribution in [0.25, 0.3) is 11.0 Å². The lowest BCUT2D eigenvalue weighted by Gasteiger charge is -2.16. The van der Waals surface area contributed by atoms with Gasteiger partial charge in [0.2, 0.25) is 0 Å². The molecule has 7 nitrogen and oxygen atoms in total.